The Hall–Kier alpha value is -3.14. The van der Waals surface area contributed by atoms with Gasteiger partial charge in [-0.25, -0.2) is 0 Å². The van der Waals surface area contributed by atoms with Crippen LogP contribution in [0, 0.1) is 0 Å². The zero-order chi connectivity index (χ0) is 15.1. The first-order chi connectivity index (χ1) is 10.7. The zero-order valence-electron chi connectivity index (χ0n) is 11.4. The summed E-state index contributed by atoms with van der Waals surface area (Å²) in [5.74, 6) is 0.399. The van der Waals surface area contributed by atoms with Gasteiger partial charge in [0.05, 0.1) is 16.5 Å². The Kier molecular flexibility index (Phi) is 2.69. The van der Waals surface area contributed by atoms with Crippen molar-refractivity contribution in [3.05, 3.63) is 81.9 Å². The topological polar surface area (TPSA) is 56.5 Å². The maximum Gasteiger partial charge on any atom is 0.231 e. The molecule has 0 N–H and O–H groups in total. The Morgan fingerprint density at radius 2 is 1.68 bits per heavy atom. The Labute approximate surface area is 125 Å². The fraction of sp³-hybridized carbons (Fsp3) is 0. The van der Waals surface area contributed by atoms with Crippen LogP contribution in [0.25, 0.3) is 17.0 Å². The Bertz CT molecular complexity index is 995. The van der Waals surface area contributed by atoms with Crippen LogP contribution >= 0.6 is 0 Å². The van der Waals surface area contributed by atoms with Gasteiger partial charge in [0, 0.05) is 0 Å². The molecule has 0 fully saturated rings. The molecular weight excluding hydrogens is 280 g/mol. The molecule has 1 aliphatic heterocycles. The number of rotatable bonds is 1. The molecule has 2 aromatic carbocycles. The van der Waals surface area contributed by atoms with E-state index < -0.39 is 0 Å². The lowest BCUT2D eigenvalue weighted by Gasteiger charge is -2.00. The lowest BCUT2D eigenvalue weighted by atomic mass is 10.1. The second kappa shape index (κ2) is 4.70. The standard InChI is InChI=1S/C18H10O4/c19-17-11(10-21-14-7-3-1-5-12(14)17)9-16-18(20)13-6-2-4-8-15(13)22-16/h1-10H. The lowest BCUT2D eigenvalue weighted by molar-refractivity contribution is 0.101. The highest BCUT2D eigenvalue weighted by atomic mass is 16.5. The predicted octanol–water partition coefficient (Wildman–Crippen LogP) is 3.41. The Morgan fingerprint density at radius 3 is 2.55 bits per heavy atom. The summed E-state index contributed by atoms with van der Waals surface area (Å²) < 4.78 is 11.0. The smallest absolute Gasteiger partial charge is 0.231 e. The first kappa shape index (κ1) is 12.6. The van der Waals surface area contributed by atoms with Crippen LogP contribution in [0.3, 0.4) is 0 Å². The van der Waals surface area contributed by atoms with Crippen LogP contribution in [0.2, 0.25) is 0 Å². The van der Waals surface area contributed by atoms with Crippen LogP contribution in [0.5, 0.6) is 5.75 Å². The minimum atomic E-state index is -0.233. The molecule has 1 aliphatic rings. The summed E-state index contributed by atoms with van der Waals surface area (Å²) in [6, 6.07) is 14.0. The molecule has 0 amide bonds. The molecule has 0 spiro atoms. The molecule has 0 aliphatic carbocycles. The minimum absolute atomic E-state index is 0.129. The van der Waals surface area contributed by atoms with E-state index in [1.807, 2.05) is 0 Å². The maximum absolute atomic E-state index is 12.4. The monoisotopic (exact) mass is 290 g/mol. The van der Waals surface area contributed by atoms with Gasteiger partial charge >= 0.3 is 0 Å². The SMILES string of the molecule is O=C1C(=Cc2coc3ccccc3c2=O)Oc2ccccc21. The maximum atomic E-state index is 12.4. The van der Waals surface area contributed by atoms with Gasteiger partial charge in [-0.2, -0.15) is 0 Å². The van der Waals surface area contributed by atoms with Gasteiger partial charge < -0.3 is 9.15 Å². The summed E-state index contributed by atoms with van der Waals surface area (Å²) in [6.45, 7) is 0. The molecule has 1 aromatic heterocycles. The van der Waals surface area contributed by atoms with Crippen LogP contribution in [0.15, 0.2) is 69.8 Å². The second-order valence-electron chi connectivity index (χ2n) is 4.95. The van der Waals surface area contributed by atoms with Crippen LogP contribution in [0.1, 0.15) is 15.9 Å². The van der Waals surface area contributed by atoms with Crippen molar-refractivity contribution in [1.29, 1.82) is 0 Å². The molecule has 0 unspecified atom stereocenters. The molecule has 4 rings (SSSR count). The molecule has 4 heteroatoms. The third-order valence-corrected chi connectivity index (χ3v) is 3.57. The van der Waals surface area contributed by atoms with Gasteiger partial charge in [-0.3, -0.25) is 9.59 Å². The fourth-order valence-electron chi connectivity index (χ4n) is 2.47. The number of carbonyl (C=O) groups is 1. The zero-order valence-corrected chi connectivity index (χ0v) is 11.4. The molecule has 0 saturated carbocycles. The minimum Gasteiger partial charge on any atom is -0.463 e. The molecule has 0 atom stereocenters. The third-order valence-electron chi connectivity index (χ3n) is 3.57. The molecule has 0 radical (unpaired) electrons. The van der Waals surface area contributed by atoms with Crippen molar-refractivity contribution in [2.75, 3.05) is 0 Å². The predicted molar refractivity (Wildman–Crippen MR) is 81.9 cm³/mol. The molecule has 22 heavy (non-hydrogen) atoms. The van der Waals surface area contributed by atoms with Gasteiger partial charge in [-0.1, -0.05) is 24.3 Å². The molecule has 2 heterocycles. The number of ketones is 1. The van der Waals surface area contributed by atoms with Crippen molar-refractivity contribution in [2.45, 2.75) is 0 Å². The highest BCUT2D eigenvalue weighted by Gasteiger charge is 2.26. The third kappa shape index (κ3) is 1.85. The summed E-state index contributed by atoms with van der Waals surface area (Å²) >= 11 is 0. The number of benzene rings is 2. The summed E-state index contributed by atoms with van der Waals surface area (Å²) in [6.07, 6.45) is 2.78. The average molecular weight is 290 g/mol. The van der Waals surface area contributed by atoms with Crippen molar-refractivity contribution in [2.24, 2.45) is 0 Å². The van der Waals surface area contributed by atoms with Crippen molar-refractivity contribution in [1.82, 2.24) is 0 Å². The van der Waals surface area contributed by atoms with E-state index in [0.717, 1.165) is 0 Å². The summed E-state index contributed by atoms with van der Waals surface area (Å²) in [7, 11) is 0. The lowest BCUT2D eigenvalue weighted by Crippen LogP contribution is -2.07. The number of carbonyl (C=O) groups excluding carboxylic acids is 1. The normalized spacial score (nSPS) is 15.1. The number of ether oxygens (including phenoxy) is 1. The summed E-state index contributed by atoms with van der Waals surface area (Å²) in [4.78, 5) is 24.7. The molecular formula is C18H10O4. The van der Waals surface area contributed by atoms with E-state index in [1.54, 1.807) is 48.5 Å². The second-order valence-corrected chi connectivity index (χ2v) is 4.95. The molecule has 0 saturated heterocycles. The Morgan fingerprint density at radius 1 is 0.909 bits per heavy atom. The van der Waals surface area contributed by atoms with Gasteiger partial charge in [0.1, 0.15) is 17.6 Å². The summed E-state index contributed by atoms with van der Waals surface area (Å²) in [5, 5.41) is 0.472. The van der Waals surface area contributed by atoms with E-state index in [-0.39, 0.29) is 22.5 Å². The largest absolute Gasteiger partial charge is 0.463 e. The van der Waals surface area contributed by atoms with Gasteiger partial charge in [0.2, 0.25) is 5.78 Å². The first-order valence-electron chi connectivity index (χ1n) is 6.78. The van der Waals surface area contributed by atoms with Gasteiger partial charge in [-0.15, -0.1) is 0 Å². The van der Waals surface area contributed by atoms with E-state index in [9.17, 15) is 9.59 Å². The van der Waals surface area contributed by atoms with E-state index in [2.05, 4.69) is 0 Å². The van der Waals surface area contributed by atoms with Crippen LogP contribution < -0.4 is 10.2 Å². The van der Waals surface area contributed by atoms with E-state index in [4.69, 9.17) is 9.15 Å². The van der Waals surface area contributed by atoms with Crippen molar-refractivity contribution in [3.63, 3.8) is 0 Å². The molecule has 106 valence electrons. The highest BCUT2D eigenvalue weighted by Crippen LogP contribution is 2.31. The van der Waals surface area contributed by atoms with Crippen LogP contribution in [0.4, 0.5) is 0 Å². The number of allylic oxidation sites excluding steroid dienone is 1. The van der Waals surface area contributed by atoms with Crippen LogP contribution in [-0.2, 0) is 0 Å². The van der Waals surface area contributed by atoms with Gasteiger partial charge in [-0.05, 0) is 30.3 Å². The van der Waals surface area contributed by atoms with Gasteiger partial charge in [0.15, 0.2) is 11.2 Å². The Balaban J connectivity index is 1.84. The van der Waals surface area contributed by atoms with Crippen LogP contribution in [-0.4, -0.2) is 5.78 Å². The van der Waals surface area contributed by atoms with Crippen molar-refractivity contribution in [3.8, 4) is 5.75 Å². The number of para-hydroxylation sites is 2. The van der Waals surface area contributed by atoms with E-state index >= 15 is 0 Å². The quantitative estimate of drug-likeness (QED) is 0.644. The fourth-order valence-corrected chi connectivity index (χ4v) is 2.47. The highest BCUT2D eigenvalue weighted by molar-refractivity contribution is 6.14. The number of hydrogen-bond acceptors (Lipinski definition) is 4. The average Bonchev–Trinajstić information content (AvgIpc) is 2.87. The molecule has 4 nitrogen and oxygen atoms in total. The number of Topliss-reactive ketones (excluding diaryl/α,β-unsaturated/α-hetero) is 1. The van der Waals surface area contributed by atoms with E-state index in [1.165, 1.54) is 12.3 Å². The van der Waals surface area contributed by atoms with Gasteiger partial charge in [0.25, 0.3) is 0 Å². The summed E-state index contributed by atoms with van der Waals surface area (Å²) in [5.41, 5.74) is 1.10. The number of hydrogen-bond donors (Lipinski definition) is 0. The first-order valence-corrected chi connectivity index (χ1v) is 6.78. The number of fused-ring (bicyclic) bond motifs is 2. The molecule has 3 aromatic rings. The molecule has 0 bridgehead atoms. The van der Waals surface area contributed by atoms with E-state index in [0.29, 0.717) is 22.3 Å². The van der Waals surface area contributed by atoms with Crippen molar-refractivity contribution >= 4 is 22.8 Å². The van der Waals surface area contributed by atoms with Crippen molar-refractivity contribution < 1.29 is 13.9 Å².